The van der Waals surface area contributed by atoms with Crippen molar-refractivity contribution in [3.8, 4) is 22.8 Å². The normalized spacial score (nSPS) is 16.2. The Morgan fingerprint density at radius 1 is 1.29 bits per heavy atom. The van der Waals surface area contributed by atoms with Crippen molar-refractivity contribution in [2.45, 2.75) is 19.6 Å². The standard InChI is InChI=1S/C17H15FN4O2/c1-11-6-13(17(18)19-7-11)14-9-22(21-20-14)8-12-10-23-15-4-2-3-5-16(15)24-12/h2-7,9,12H,8,10H2,1H3. The van der Waals surface area contributed by atoms with E-state index in [2.05, 4.69) is 15.3 Å². The van der Waals surface area contributed by atoms with Crippen LogP contribution in [0.5, 0.6) is 11.5 Å². The first-order chi connectivity index (χ1) is 11.7. The van der Waals surface area contributed by atoms with E-state index < -0.39 is 5.95 Å². The number of pyridine rings is 1. The molecule has 24 heavy (non-hydrogen) atoms. The number of nitrogens with zero attached hydrogens (tertiary/aromatic N) is 4. The van der Waals surface area contributed by atoms with Crippen LogP contribution in [0.4, 0.5) is 4.39 Å². The number of ether oxygens (including phenoxy) is 2. The van der Waals surface area contributed by atoms with Crippen molar-refractivity contribution >= 4 is 0 Å². The van der Waals surface area contributed by atoms with Crippen LogP contribution in [0.15, 0.2) is 42.7 Å². The summed E-state index contributed by atoms with van der Waals surface area (Å²) in [6.45, 7) is 2.74. The quantitative estimate of drug-likeness (QED) is 0.693. The average molecular weight is 326 g/mol. The van der Waals surface area contributed by atoms with Gasteiger partial charge >= 0.3 is 0 Å². The smallest absolute Gasteiger partial charge is 0.222 e. The molecule has 2 aromatic heterocycles. The van der Waals surface area contributed by atoms with Gasteiger partial charge in [-0.05, 0) is 30.7 Å². The second-order valence-electron chi connectivity index (χ2n) is 5.67. The van der Waals surface area contributed by atoms with Gasteiger partial charge in [-0.25, -0.2) is 9.67 Å². The van der Waals surface area contributed by atoms with Gasteiger partial charge in [0.15, 0.2) is 17.6 Å². The third-order valence-corrected chi connectivity index (χ3v) is 3.75. The van der Waals surface area contributed by atoms with Gasteiger partial charge in [-0.1, -0.05) is 17.3 Å². The molecule has 4 rings (SSSR count). The van der Waals surface area contributed by atoms with E-state index in [0.717, 1.165) is 11.3 Å². The van der Waals surface area contributed by atoms with Crippen LogP contribution in [0.2, 0.25) is 0 Å². The molecule has 1 aliphatic rings. The maximum Gasteiger partial charge on any atom is 0.222 e. The number of para-hydroxylation sites is 2. The molecule has 1 atom stereocenters. The summed E-state index contributed by atoms with van der Waals surface area (Å²) < 4.78 is 27.1. The van der Waals surface area contributed by atoms with Crippen LogP contribution in [0, 0.1) is 12.9 Å². The lowest BCUT2D eigenvalue weighted by atomic mass is 10.2. The number of rotatable bonds is 3. The van der Waals surface area contributed by atoms with Gasteiger partial charge in [0.25, 0.3) is 0 Å². The molecular weight excluding hydrogens is 311 g/mol. The summed E-state index contributed by atoms with van der Waals surface area (Å²) >= 11 is 0. The molecule has 0 aliphatic carbocycles. The van der Waals surface area contributed by atoms with Crippen LogP contribution < -0.4 is 9.47 Å². The predicted octanol–water partition coefficient (Wildman–Crippen LogP) is 2.63. The van der Waals surface area contributed by atoms with Crippen molar-refractivity contribution in [1.82, 2.24) is 20.0 Å². The Kier molecular flexibility index (Phi) is 3.60. The van der Waals surface area contributed by atoms with Gasteiger partial charge in [0, 0.05) is 6.20 Å². The SMILES string of the molecule is Cc1cnc(F)c(-c2cn(CC3COc4ccccc4O3)nn2)c1. The molecule has 122 valence electrons. The Labute approximate surface area is 137 Å². The predicted molar refractivity (Wildman–Crippen MR) is 84.3 cm³/mol. The molecule has 3 aromatic rings. The topological polar surface area (TPSA) is 62.1 Å². The molecule has 0 saturated carbocycles. The van der Waals surface area contributed by atoms with Gasteiger partial charge in [0.1, 0.15) is 12.3 Å². The molecule has 0 spiro atoms. The highest BCUT2D eigenvalue weighted by molar-refractivity contribution is 5.57. The fourth-order valence-corrected chi connectivity index (χ4v) is 2.60. The van der Waals surface area contributed by atoms with Crippen molar-refractivity contribution in [2.75, 3.05) is 6.61 Å². The highest BCUT2D eigenvalue weighted by atomic mass is 19.1. The molecule has 1 aliphatic heterocycles. The molecule has 0 saturated heterocycles. The number of benzene rings is 1. The van der Waals surface area contributed by atoms with Crippen LogP contribution in [0.1, 0.15) is 5.56 Å². The van der Waals surface area contributed by atoms with E-state index in [0.29, 0.717) is 30.2 Å². The zero-order valence-corrected chi connectivity index (χ0v) is 13.0. The molecule has 0 bridgehead atoms. The Morgan fingerprint density at radius 3 is 3.00 bits per heavy atom. The van der Waals surface area contributed by atoms with E-state index in [1.165, 1.54) is 6.20 Å². The van der Waals surface area contributed by atoms with Crippen molar-refractivity contribution in [2.24, 2.45) is 0 Å². The molecule has 6 nitrogen and oxygen atoms in total. The van der Waals surface area contributed by atoms with E-state index in [1.807, 2.05) is 31.2 Å². The molecule has 0 fully saturated rings. The van der Waals surface area contributed by atoms with E-state index in [1.54, 1.807) is 16.9 Å². The number of hydrogen-bond donors (Lipinski definition) is 0. The molecule has 1 unspecified atom stereocenters. The summed E-state index contributed by atoms with van der Waals surface area (Å²) in [7, 11) is 0. The number of fused-ring (bicyclic) bond motifs is 1. The summed E-state index contributed by atoms with van der Waals surface area (Å²) in [4.78, 5) is 3.72. The molecule has 0 amide bonds. The first kappa shape index (κ1) is 14.6. The summed E-state index contributed by atoms with van der Waals surface area (Å²) in [6.07, 6.45) is 2.98. The minimum Gasteiger partial charge on any atom is -0.486 e. The number of aromatic nitrogens is 4. The van der Waals surface area contributed by atoms with Crippen LogP contribution in [-0.2, 0) is 6.54 Å². The number of aryl methyl sites for hydroxylation is 1. The van der Waals surface area contributed by atoms with E-state index in [-0.39, 0.29) is 6.10 Å². The van der Waals surface area contributed by atoms with Crippen molar-refractivity contribution in [3.05, 3.63) is 54.2 Å². The van der Waals surface area contributed by atoms with Gasteiger partial charge in [-0.2, -0.15) is 4.39 Å². The van der Waals surface area contributed by atoms with Crippen molar-refractivity contribution < 1.29 is 13.9 Å². The van der Waals surface area contributed by atoms with Crippen molar-refractivity contribution in [1.29, 1.82) is 0 Å². The van der Waals surface area contributed by atoms with Gasteiger partial charge < -0.3 is 9.47 Å². The zero-order valence-electron chi connectivity index (χ0n) is 13.0. The highest BCUT2D eigenvalue weighted by Gasteiger charge is 2.22. The maximum absolute atomic E-state index is 13.9. The van der Waals surface area contributed by atoms with Gasteiger partial charge in [-0.3, -0.25) is 0 Å². The summed E-state index contributed by atoms with van der Waals surface area (Å²) in [5, 5.41) is 8.08. The van der Waals surface area contributed by atoms with Crippen LogP contribution in [0.3, 0.4) is 0 Å². The molecule has 7 heteroatoms. The van der Waals surface area contributed by atoms with Gasteiger partial charge in [-0.15, -0.1) is 5.10 Å². The van der Waals surface area contributed by atoms with Gasteiger partial charge in [0.2, 0.25) is 5.95 Å². The van der Waals surface area contributed by atoms with E-state index in [4.69, 9.17) is 9.47 Å². The van der Waals surface area contributed by atoms with Crippen LogP contribution >= 0.6 is 0 Å². The fraction of sp³-hybridized carbons (Fsp3) is 0.235. The average Bonchev–Trinajstić information content (AvgIpc) is 3.05. The third-order valence-electron chi connectivity index (χ3n) is 3.75. The molecule has 3 heterocycles. The lowest BCUT2D eigenvalue weighted by Gasteiger charge is -2.26. The zero-order chi connectivity index (χ0) is 16.5. The summed E-state index contributed by atoms with van der Waals surface area (Å²) in [5.74, 6) is 0.891. The molecule has 0 N–H and O–H groups in total. The molecule has 1 aromatic carbocycles. The Balaban J connectivity index is 1.51. The lowest BCUT2D eigenvalue weighted by Crippen LogP contribution is -2.33. The monoisotopic (exact) mass is 326 g/mol. The Hall–Kier alpha value is -2.96. The lowest BCUT2D eigenvalue weighted by molar-refractivity contribution is 0.0755. The Bertz CT molecular complexity index is 881. The number of halogens is 1. The summed E-state index contributed by atoms with van der Waals surface area (Å²) in [5.41, 5.74) is 1.65. The summed E-state index contributed by atoms with van der Waals surface area (Å²) in [6, 6.07) is 9.23. The van der Waals surface area contributed by atoms with Crippen molar-refractivity contribution in [3.63, 3.8) is 0 Å². The molecule has 0 radical (unpaired) electrons. The largest absolute Gasteiger partial charge is 0.486 e. The first-order valence-electron chi connectivity index (χ1n) is 7.60. The van der Waals surface area contributed by atoms with Crippen LogP contribution in [-0.4, -0.2) is 32.7 Å². The molecular formula is C17H15FN4O2. The number of hydrogen-bond acceptors (Lipinski definition) is 5. The van der Waals surface area contributed by atoms with E-state index >= 15 is 0 Å². The second-order valence-corrected chi connectivity index (χ2v) is 5.67. The first-order valence-corrected chi connectivity index (χ1v) is 7.60. The maximum atomic E-state index is 13.9. The van der Waals surface area contributed by atoms with Gasteiger partial charge in [0.05, 0.1) is 18.3 Å². The fourth-order valence-electron chi connectivity index (χ4n) is 2.60. The second kappa shape index (κ2) is 5.92. The minimum atomic E-state index is -0.557. The highest BCUT2D eigenvalue weighted by Crippen LogP contribution is 2.31. The third kappa shape index (κ3) is 2.80. The Morgan fingerprint density at radius 2 is 2.12 bits per heavy atom. The van der Waals surface area contributed by atoms with Crippen LogP contribution in [0.25, 0.3) is 11.3 Å². The van der Waals surface area contributed by atoms with E-state index in [9.17, 15) is 4.39 Å². The minimum absolute atomic E-state index is 0.185.